The average molecular weight is 544 g/mol. The lowest BCUT2D eigenvalue weighted by atomic mass is 10.1. The summed E-state index contributed by atoms with van der Waals surface area (Å²) >= 11 is 0. The highest BCUT2D eigenvalue weighted by Gasteiger charge is 2.85. The second kappa shape index (κ2) is 13.5. The maximum Gasteiger partial charge on any atom is 0.460 e. The number of hydrogen-bond acceptors (Lipinski definition) is 6. The number of halogens is 9. The van der Waals surface area contributed by atoms with E-state index >= 15 is 0 Å². The van der Waals surface area contributed by atoms with Crippen LogP contribution >= 0.6 is 0 Å². The molecule has 0 spiro atoms. The molecule has 0 radical (unpaired) electrons. The molecule has 0 bridgehead atoms. The molecule has 0 aromatic rings. The van der Waals surface area contributed by atoms with Crippen LogP contribution in [0.1, 0.15) is 59.3 Å². The summed E-state index contributed by atoms with van der Waals surface area (Å²) in [5.41, 5.74) is 0. The molecule has 0 rings (SSSR count). The van der Waals surface area contributed by atoms with Crippen molar-refractivity contribution in [3.05, 3.63) is 0 Å². The fourth-order valence-corrected chi connectivity index (χ4v) is 3.24. The predicted octanol–water partition coefficient (Wildman–Crippen LogP) is 5.86. The van der Waals surface area contributed by atoms with Gasteiger partial charge >= 0.3 is 33.4 Å². The summed E-state index contributed by atoms with van der Waals surface area (Å²) in [4.78, 5) is 0. The van der Waals surface area contributed by atoms with E-state index in [1.54, 1.807) is 13.8 Å². The van der Waals surface area contributed by atoms with E-state index in [2.05, 4.69) is 4.18 Å². The zero-order valence-electron chi connectivity index (χ0n) is 18.8. The first kappa shape index (κ1) is 33.2. The van der Waals surface area contributed by atoms with Crippen LogP contribution in [0.5, 0.6) is 0 Å². The van der Waals surface area contributed by atoms with E-state index in [1.807, 2.05) is 6.92 Å². The number of ether oxygens (including phenoxy) is 3. The molecule has 0 saturated carbocycles. The van der Waals surface area contributed by atoms with Crippen molar-refractivity contribution < 1.29 is 66.3 Å². The van der Waals surface area contributed by atoms with Crippen LogP contribution in [0, 0.1) is 0 Å². The fraction of sp³-hybridized carbons (Fsp3) is 1.00. The van der Waals surface area contributed by atoms with Gasteiger partial charge in [-0.15, -0.1) is 0 Å². The minimum atomic E-state index is -7.32. The molecular weight excluding hydrogens is 515 g/mol. The molecular formula is C18H29F9O6S. The van der Waals surface area contributed by atoms with E-state index in [-0.39, 0.29) is 19.4 Å². The fourth-order valence-electron chi connectivity index (χ4n) is 2.31. The van der Waals surface area contributed by atoms with Gasteiger partial charge in [-0.2, -0.15) is 47.9 Å². The Morgan fingerprint density at radius 3 is 1.56 bits per heavy atom. The standard InChI is InChI=1S/C18H29F9O6S/c1-4-5-10-30-13(2)33-14(3)31-11-8-6-7-9-12-32-34(28,29)18(26,27)16(21,22)15(19,20)17(23,24)25/h13-14H,4-12H2,1-3H3. The molecule has 2 unspecified atom stereocenters. The molecule has 0 aliphatic heterocycles. The van der Waals surface area contributed by atoms with E-state index in [9.17, 15) is 47.9 Å². The lowest BCUT2D eigenvalue weighted by molar-refractivity contribution is -0.382. The predicted molar refractivity (Wildman–Crippen MR) is 101 cm³/mol. The van der Waals surface area contributed by atoms with Crippen molar-refractivity contribution in [2.24, 2.45) is 0 Å². The van der Waals surface area contributed by atoms with Gasteiger partial charge < -0.3 is 14.2 Å². The Morgan fingerprint density at radius 1 is 0.676 bits per heavy atom. The van der Waals surface area contributed by atoms with Crippen molar-refractivity contribution >= 4 is 10.1 Å². The molecule has 0 saturated heterocycles. The Bertz CT molecular complexity index is 686. The van der Waals surface area contributed by atoms with E-state index in [4.69, 9.17) is 14.2 Å². The largest absolute Gasteiger partial charge is 0.460 e. The lowest BCUT2D eigenvalue weighted by Crippen LogP contribution is -2.63. The van der Waals surface area contributed by atoms with Crippen molar-refractivity contribution in [2.45, 2.75) is 95.2 Å². The minimum absolute atomic E-state index is 0.130. The third-order valence-corrected chi connectivity index (χ3v) is 5.65. The summed E-state index contributed by atoms with van der Waals surface area (Å²) in [6.45, 7) is 4.90. The van der Waals surface area contributed by atoms with Gasteiger partial charge in [0.25, 0.3) is 0 Å². The smallest absolute Gasteiger partial charge is 0.353 e. The Morgan fingerprint density at radius 2 is 1.12 bits per heavy atom. The van der Waals surface area contributed by atoms with Crippen LogP contribution in [0.15, 0.2) is 0 Å². The summed E-state index contributed by atoms with van der Waals surface area (Å²) < 4.78 is 157. The molecule has 0 N–H and O–H groups in total. The third kappa shape index (κ3) is 8.99. The van der Waals surface area contributed by atoms with Gasteiger partial charge in [0, 0.05) is 13.2 Å². The van der Waals surface area contributed by atoms with Crippen molar-refractivity contribution in [1.82, 2.24) is 0 Å². The minimum Gasteiger partial charge on any atom is -0.353 e. The van der Waals surface area contributed by atoms with Gasteiger partial charge in [0.1, 0.15) is 0 Å². The second-order valence-electron chi connectivity index (χ2n) is 7.22. The molecule has 34 heavy (non-hydrogen) atoms. The maximum atomic E-state index is 13.5. The van der Waals surface area contributed by atoms with Crippen molar-refractivity contribution in [3.8, 4) is 0 Å². The van der Waals surface area contributed by atoms with Gasteiger partial charge in [-0.25, -0.2) is 0 Å². The zero-order chi connectivity index (χ0) is 26.8. The second-order valence-corrected chi connectivity index (χ2v) is 8.88. The number of unbranched alkanes of at least 4 members (excludes halogenated alkanes) is 4. The molecule has 2 atom stereocenters. The van der Waals surface area contributed by atoms with Crippen molar-refractivity contribution in [2.75, 3.05) is 19.8 Å². The van der Waals surface area contributed by atoms with Crippen LogP contribution in [0.4, 0.5) is 39.5 Å². The Kier molecular flexibility index (Phi) is 13.1. The first-order chi connectivity index (χ1) is 15.3. The molecule has 16 heteroatoms. The zero-order valence-corrected chi connectivity index (χ0v) is 19.6. The highest BCUT2D eigenvalue weighted by atomic mass is 32.2. The van der Waals surface area contributed by atoms with E-state index < -0.39 is 52.6 Å². The highest BCUT2D eigenvalue weighted by molar-refractivity contribution is 7.87. The molecule has 0 heterocycles. The van der Waals surface area contributed by atoms with Crippen molar-refractivity contribution in [1.29, 1.82) is 0 Å². The van der Waals surface area contributed by atoms with Gasteiger partial charge in [0.15, 0.2) is 12.6 Å². The number of hydrogen-bond donors (Lipinski definition) is 0. The van der Waals surface area contributed by atoms with Gasteiger partial charge in [0.05, 0.1) is 6.61 Å². The summed E-state index contributed by atoms with van der Waals surface area (Å²) in [6, 6.07) is 0. The average Bonchev–Trinajstić information content (AvgIpc) is 2.68. The molecule has 0 fully saturated rings. The van der Waals surface area contributed by atoms with Crippen LogP contribution in [-0.2, 0) is 28.5 Å². The van der Waals surface area contributed by atoms with E-state index in [0.29, 0.717) is 19.4 Å². The highest BCUT2D eigenvalue weighted by Crippen LogP contribution is 2.54. The number of rotatable bonds is 18. The monoisotopic (exact) mass is 544 g/mol. The van der Waals surface area contributed by atoms with Crippen LogP contribution in [0.2, 0.25) is 0 Å². The first-order valence-electron chi connectivity index (χ1n) is 10.3. The van der Waals surface area contributed by atoms with Crippen LogP contribution in [0.25, 0.3) is 0 Å². The van der Waals surface area contributed by atoms with E-state index in [1.165, 1.54) is 0 Å². The normalized spacial score (nSPS) is 16.0. The van der Waals surface area contributed by atoms with Gasteiger partial charge in [-0.1, -0.05) is 26.2 Å². The summed E-state index contributed by atoms with van der Waals surface area (Å²) in [5, 5.41) is -6.83. The van der Waals surface area contributed by atoms with Crippen LogP contribution in [0.3, 0.4) is 0 Å². The molecule has 0 aliphatic rings. The Hall–Kier alpha value is -0.840. The Labute approximate surface area is 192 Å². The molecule has 6 nitrogen and oxygen atoms in total. The summed E-state index contributed by atoms with van der Waals surface area (Å²) in [7, 11) is -6.81. The SMILES string of the molecule is CCCCOC(C)OC(C)OCCCCCCOS(=O)(=O)C(F)(F)C(F)(F)C(F)(F)C(F)(F)F. The number of alkyl halides is 9. The maximum absolute atomic E-state index is 13.5. The lowest BCUT2D eigenvalue weighted by Gasteiger charge is -2.32. The molecule has 0 aromatic carbocycles. The van der Waals surface area contributed by atoms with Crippen LogP contribution < -0.4 is 0 Å². The summed E-state index contributed by atoms with van der Waals surface area (Å²) in [6.07, 6.45) is -5.82. The molecule has 0 aromatic heterocycles. The molecule has 206 valence electrons. The van der Waals surface area contributed by atoms with Gasteiger partial charge in [0.2, 0.25) is 0 Å². The first-order valence-corrected chi connectivity index (χ1v) is 11.7. The Balaban J connectivity index is 4.38. The summed E-state index contributed by atoms with van der Waals surface area (Å²) in [5.74, 6) is -14.6. The van der Waals surface area contributed by atoms with Crippen molar-refractivity contribution in [3.63, 3.8) is 0 Å². The topological polar surface area (TPSA) is 71.1 Å². The molecule has 0 aliphatic carbocycles. The molecule has 0 amide bonds. The third-order valence-electron chi connectivity index (χ3n) is 4.29. The van der Waals surface area contributed by atoms with Gasteiger partial charge in [-0.05, 0) is 33.1 Å². The van der Waals surface area contributed by atoms with E-state index in [0.717, 1.165) is 12.8 Å². The van der Waals surface area contributed by atoms with Gasteiger partial charge in [-0.3, -0.25) is 4.18 Å². The quantitative estimate of drug-likeness (QED) is 0.0932. The van der Waals surface area contributed by atoms with Crippen LogP contribution in [-0.4, -0.2) is 64.1 Å².